The molecule has 0 bridgehead atoms. The first-order chi connectivity index (χ1) is 8.88. The molecular formula is C16H31ClN2O. The van der Waals surface area contributed by atoms with Crippen LogP contribution >= 0.6 is 12.4 Å². The van der Waals surface area contributed by atoms with Crippen LogP contribution in [0, 0.1) is 17.3 Å². The summed E-state index contributed by atoms with van der Waals surface area (Å²) < 4.78 is 0. The van der Waals surface area contributed by atoms with Crippen LogP contribution in [0.1, 0.15) is 59.3 Å². The van der Waals surface area contributed by atoms with Gasteiger partial charge in [0.1, 0.15) is 0 Å². The molecular weight excluding hydrogens is 272 g/mol. The van der Waals surface area contributed by atoms with E-state index in [0.29, 0.717) is 11.8 Å². The molecule has 1 saturated heterocycles. The Labute approximate surface area is 130 Å². The van der Waals surface area contributed by atoms with E-state index < -0.39 is 0 Å². The fourth-order valence-electron chi connectivity index (χ4n) is 3.71. The topological polar surface area (TPSA) is 46.3 Å². The minimum atomic E-state index is 0. The lowest BCUT2D eigenvalue weighted by molar-refractivity contribution is -0.136. The number of nitrogens with zero attached hydrogens (tertiary/aromatic N) is 1. The van der Waals surface area contributed by atoms with Crippen LogP contribution in [0.2, 0.25) is 0 Å². The number of hydrogen-bond acceptors (Lipinski definition) is 2. The highest BCUT2D eigenvalue weighted by Crippen LogP contribution is 2.33. The molecule has 2 aliphatic rings. The Kier molecular flexibility index (Phi) is 6.33. The van der Waals surface area contributed by atoms with Gasteiger partial charge in [-0.25, -0.2) is 0 Å². The van der Waals surface area contributed by atoms with Gasteiger partial charge in [-0.05, 0) is 36.5 Å². The molecule has 2 rings (SSSR count). The lowest BCUT2D eigenvalue weighted by Gasteiger charge is -2.43. The van der Waals surface area contributed by atoms with Crippen molar-refractivity contribution in [2.24, 2.45) is 23.0 Å². The summed E-state index contributed by atoms with van der Waals surface area (Å²) in [6, 6.07) is 0.228. The van der Waals surface area contributed by atoms with Crippen molar-refractivity contribution >= 4 is 18.3 Å². The molecule has 0 aromatic rings. The molecule has 0 spiro atoms. The quantitative estimate of drug-likeness (QED) is 0.851. The number of piperidine rings is 1. The van der Waals surface area contributed by atoms with Gasteiger partial charge in [0.05, 0.1) is 0 Å². The van der Waals surface area contributed by atoms with Gasteiger partial charge in [0, 0.05) is 25.6 Å². The Balaban J connectivity index is 0.00000200. The van der Waals surface area contributed by atoms with Crippen LogP contribution in [0.5, 0.6) is 0 Å². The molecule has 4 heteroatoms. The van der Waals surface area contributed by atoms with Crippen LogP contribution in [0.3, 0.4) is 0 Å². The normalized spacial score (nSPS) is 33.4. The summed E-state index contributed by atoms with van der Waals surface area (Å²) in [6.07, 6.45) is 6.83. The Morgan fingerprint density at radius 2 is 2.00 bits per heavy atom. The Bertz CT molecular complexity index is 332. The fourth-order valence-corrected chi connectivity index (χ4v) is 3.71. The van der Waals surface area contributed by atoms with E-state index in [4.69, 9.17) is 5.73 Å². The summed E-state index contributed by atoms with van der Waals surface area (Å²) in [6.45, 7) is 8.36. The zero-order valence-electron chi connectivity index (χ0n) is 13.2. The van der Waals surface area contributed by atoms with Crippen LogP contribution in [0.25, 0.3) is 0 Å². The van der Waals surface area contributed by atoms with E-state index in [0.717, 1.165) is 31.8 Å². The molecule has 118 valence electrons. The maximum Gasteiger partial charge on any atom is 0.222 e. The van der Waals surface area contributed by atoms with Gasteiger partial charge >= 0.3 is 0 Å². The summed E-state index contributed by atoms with van der Waals surface area (Å²) in [5.41, 5.74) is 6.20. The molecule has 0 radical (unpaired) electrons. The van der Waals surface area contributed by atoms with Crippen molar-refractivity contribution in [1.82, 2.24) is 4.90 Å². The van der Waals surface area contributed by atoms with E-state index in [2.05, 4.69) is 25.7 Å². The van der Waals surface area contributed by atoms with Gasteiger partial charge in [0.2, 0.25) is 5.91 Å². The van der Waals surface area contributed by atoms with Crippen molar-refractivity contribution in [2.45, 2.75) is 65.3 Å². The summed E-state index contributed by atoms with van der Waals surface area (Å²) in [5.74, 6) is 1.78. The van der Waals surface area contributed by atoms with Crippen molar-refractivity contribution in [3.05, 3.63) is 0 Å². The summed E-state index contributed by atoms with van der Waals surface area (Å²) >= 11 is 0. The summed E-state index contributed by atoms with van der Waals surface area (Å²) in [7, 11) is 0. The van der Waals surface area contributed by atoms with Crippen LogP contribution in [0.4, 0.5) is 0 Å². The molecule has 2 N–H and O–H groups in total. The minimum Gasteiger partial charge on any atom is -0.342 e. The maximum absolute atomic E-state index is 12.5. The van der Waals surface area contributed by atoms with Crippen molar-refractivity contribution < 1.29 is 4.79 Å². The van der Waals surface area contributed by atoms with Gasteiger partial charge in [-0.3, -0.25) is 4.79 Å². The molecule has 2 fully saturated rings. The van der Waals surface area contributed by atoms with E-state index in [1.807, 2.05) is 0 Å². The second kappa shape index (κ2) is 7.13. The Morgan fingerprint density at radius 3 is 2.60 bits per heavy atom. The zero-order chi connectivity index (χ0) is 14.0. The van der Waals surface area contributed by atoms with Gasteiger partial charge in [0.25, 0.3) is 0 Å². The van der Waals surface area contributed by atoms with Crippen molar-refractivity contribution in [1.29, 1.82) is 0 Å². The predicted molar refractivity (Wildman–Crippen MR) is 85.9 cm³/mol. The number of likely N-dealkylation sites (tertiary alicyclic amines) is 1. The maximum atomic E-state index is 12.5. The average Bonchev–Trinajstić information content (AvgIpc) is 2.32. The highest BCUT2D eigenvalue weighted by atomic mass is 35.5. The minimum absolute atomic E-state index is 0. The van der Waals surface area contributed by atoms with Gasteiger partial charge in [0.15, 0.2) is 0 Å². The molecule has 1 aliphatic carbocycles. The Hall–Kier alpha value is -0.280. The lowest BCUT2D eigenvalue weighted by Crippen LogP contribution is -2.54. The van der Waals surface area contributed by atoms with Crippen molar-refractivity contribution in [3.8, 4) is 0 Å². The number of amides is 1. The molecule has 3 unspecified atom stereocenters. The van der Waals surface area contributed by atoms with Gasteiger partial charge in [-0.1, -0.05) is 33.6 Å². The van der Waals surface area contributed by atoms with Gasteiger partial charge in [-0.15, -0.1) is 12.4 Å². The standard InChI is InChI=1S/C16H30N2O.ClH/c1-12-5-4-6-13(9-12)10-15(19)18-8-7-14(17)16(2,3)11-18;/h12-14H,4-11,17H2,1-3H3;1H. The third-order valence-electron chi connectivity index (χ3n) is 5.17. The average molecular weight is 303 g/mol. The molecule has 0 aromatic heterocycles. The molecule has 0 aromatic carbocycles. The second-order valence-corrected chi connectivity index (χ2v) is 7.54. The largest absolute Gasteiger partial charge is 0.342 e. The molecule has 1 aliphatic heterocycles. The fraction of sp³-hybridized carbons (Fsp3) is 0.938. The van der Waals surface area contributed by atoms with E-state index in [9.17, 15) is 4.79 Å². The SMILES string of the molecule is CC1CCCC(CC(=O)N2CCC(N)C(C)(C)C2)C1.Cl. The van der Waals surface area contributed by atoms with Crippen LogP contribution < -0.4 is 5.73 Å². The van der Waals surface area contributed by atoms with Crippen LogP contribution in [-0.2, 0) is 4.79 Å². The van der Waals surface area contributed by atoms with Crippen LogP contribution in [-0.4, -0.2) is 29.9 Å². The predicted octanol–water partition coefficient (Wildman–Crippen LogP) is 3.21. The van der Waals surface area contributed by atoms with Crippen molar-refractivity contribution in [3.63, 3.8) is 0 Å². The third kappa shape index (κ3) is 4.36. The van der Waals surface area contributed by atoms with Gasteiger partial charge < -0.3 is 10.6 Å². The monoisotopic (exact) mass is 302 g/mol. The first-order valence-electron chi connectivity index (χ1n) is 7.92. The summed E-state index contributed by atoms with van der Waals surface area (Å²) in [4.78, 5) is 14.5. The zero-order valence-corrected chi connectivity index (χ0v) is 14.0. The first kappa shape index (κ1) is 17.8. The number of nitrogens with two attached hydrogens (primary N) is 1. The Morgan fingerprint density at radius 1 is 1.30 bits per heavy atom. The van der Waals surface area contributed by atoms with Crippen LogP contribution in [0.15, 0.2) is 0 Å². The molecule has 3 atom stereocenters. The molecule has 1 amide bonds. The van der Waals surface area contributed by atoms with Crippen molar-refractivity contribution in [2.75, 3.05) is 13.1 Å². The van der Waals surface area contributed by atoms with E-state index in [1.165, 1.54) is 25.7 Å². The van der Waals surface area contributed by atoms with E-state index in [1.54, 1.807) is 0 Å². The van der Waals surface area contributed by atoms with E-state index in [-0.39, 0.29) is 23.9 Å². The number of carbonyl (C=O) groups excluding carboxylic acids is 1. The highest BCUT2D eigenvalue weighted by molar-refractivity contribution is 5.85. The number of rotatable bonds is 2. The number of halogens is 1. The first-order valence-corrected chi connectivity index (χ1v) is 7.92. The summed E-state index contributed by atoms with van der Waals surface area (Å²) in [5, 5.41) is 0. The molecule has 1 saturated carbocycles. The number of hydrogen-bond donors (Lipinski definition) is 1. The molecule has 3 nitrogen and oxygen atoms in total. The molecule has 20 heavy (non-hydrogen) atoms. The second-order valence-electron chi connectivity index (χ2n) is 7.54. The smallest absolute Gasteiger partial charge is 0.222 e. The van der Waals surface area contributed by atoms with E-state index >= 15 is 0 Å². The lowest BCUT2D eigenvalue weighted by atomic mass is 9.78. The highest BCUT2D eigenvalue weighted by Gasteiger charge is 2.35. The number of carbonyl (C=O) groups is 1. The molecule has 1 heterocycles. The third-order valence-corrected chi connectivity index (χ3v) is 5.17. The van der Waals surface area contributed by atoms with Gasteiger partial charge in [-0.2, -0.15) is 0 Å².